The Hall–Kier alpha value is -4.10. The molecule has 0 atom stereocenters. The van der Waals surface area contributed by atoms with Gasteiger partial charge >= 0.3 is 0 Å². The number of hydrogen-bond acceptors (Lipinski definition) is 1. The Labute approximate surface area is 208 Å². The molecule has 2 N–H and O–H groups in total. The van der Waals surface area contributed by atoms with Gasteiger partial charge < -0.3 is 5.73 Å². The van der Waals surface area contributed by atoms with E-state index in [0.29, 0.717) is 0 Å². The van der Waals surface area contributed by atoms with Gasteiger partial charge in [0.25, 0.3) is 0 Å². The van der Waals surface area contributed by atoms with Gasteiger partial charge in [-0.2, -0.15) is 0 Å². The lowest BCUT2D eigenvalue weighted by atomic mass is 9.69. The average molecular weight is 452 g/mol. The molecule has 1 heteroatoms. The van der Waals surface area contributed by atoms with E-state index in [-0.39, 0.29) is 0 Å². The molecule has 1 spiro atoms. The van der Waals surface area contributed by atoms with Crippen molar-refractivity contribution in [1.82, 2.24) is 0 Å². The van der Waals surface area contributed by atoms with Gasteiger partial charge in [-0.3, -0.25) is 0 Å². The number of nitrogen functional groups attached to an aromatic ring is 1. The van der Waals surface area contributed by atoms with Gasteiger partial charge in [0.15, 0.2) is 0 Å². The Morgan fingerprint density at radius 1 is 0.657 bits per heavy atom. The molecule has 4 aromatic carbocycles. The maximum atomic E-state index is 6.83. The second-order valence-corrected chi connectivity index (χ2v) is 9.38. The minimum atomic E-state index is -0.393. The van der Waals surface area contributed by atoms with Crippen molar-refractivity contribution in [3.05, 3.63) is 149 Å². The zero-order valence-corrected chi connectivity index (χ0v) is 20.0. The highest BCUT2D eigenvalue weighted by atomic mass is 14.6. The Morgan fingerprint density at radius 2 is 1.26 bits per heavy atom. The molecule has 0 saturated heterocycles. The highest BCUT2D eigenvalue weighted by molar-refractivity contribution is 5.97. The number of nitrogens with two attached hydrogens (primary N) is 1. The molecule has 1 nitrogen and oxygen atoms in total. The molecule has 2 aliphatic carbocycles. The third-order valence-corrected chi connectivity index (χ3v) is 7.44. The first kappa shape index (κ1) is 21.4. The molecular weight excluding hydrogens is 422 g/mol. The van der Waals surface area contributed by atoms with Crippen molar-refractivity contribution in [2.24, 2.45) is 0 Å². The van der Waals surface area contributed by atoms with Crippen LogP contribution in [0.15, 0.2) is 121 Å². The summed E-state index contributed by atoms with van der Waals surface area (Å²) < 4.78 is 0. The predicted octanol–water partition coefficient (Wildman–Crippen LogP) is 8.42. The molecule has 0 fully saturated rings. The zero-order chi connectivity index (χ0) is 23.8. The molecule has 0 heterocycles. The van der Waals surface area contributed by atoms with Gasteiger partial charge in [-0.05, 0) is 57.0 Å². The lowest BCUT2D eigenvalue weighted by Gasteiger charge is -2.32. The SMILES string of the molecule is CCCC1=C(/C=C\C=C\c2ccccc2)C2(c3ccccc3-c3ccccc32)c2c(N)cccc21. The summed E-state index contributed by atoms with van der Waals surface area (Å²) in [6.07, 6.45) is 11.0. The number of anilines is 1. The first-order chi connectivity index (χ1) is 17.3. The van der Waals surface area contributed by atoms with Crippen LogP contribution in [-0.2, 0) is 5.41 Å². The fourth-order valence-corrected chi connectivity index (χ4v) is 6.17. The van der Waals surface area contributed by atoms with Crippen LogP contribution in [0, 0.1) is 0 Å². The topological polar surface area (TPSA) is 26.0 Å². The fourth-order valence-electron chi connectivity index (χ4n) is 6.17. The van der Waals surface area contributed by atoms with E-state index in [1.165, 1.54) is 50.1 Å². The molecule has 0 aromatic heterocycles. The summed E-state index contributed by atoms with van der Waals surface area (Å²) in [6.45, 7) is 2.26. The van der Waals surface area contributed by atoms with E-state index < -0.39 is 5.41 Å². The first-order valence-corrected chi connectivity index (χ1v) is 12.5. The molecule has 0 unspecified atom stereocenters. The van der Waals surface area contributed by atoms with Gasteiger partial charge in [0.1, 0.15) is 0 Å². The minimum absolute atomic E-state index is 0.393. The quantitative estimate of drug-likeness (QED) is 0.239. The average Bonchev–Trinajstić information content (AvgIpc) is 3.35. The number of hydrogen-bond donors (Lipinski definition) is 1. The van der Waals surface area contributed by atoms with Gasteiger partial charge in [-0.25, -0.2) is 0 Å². The van der Waals surface area contributed by atoms with Crippen LogP contribution in [0.5, 0.6) is 0 Å². The summed E-state index contributed by atoms with van der Waals surface area (Å²) in [7, 11) is 0. The molecule has 35 heavy (non-hydrogen) atoms. The van der Waals surface area contributed by atoms with Crippen molar-refractivity contribution >= 4 is 17.3 Å². The molecule has 0 saturated carbocycles. The largest absolute Gasteiger partial charge is 0.398 e. The normalized spacial score (nSPS) is 15.2. The van der Waals surface area contributed by atoms with Crippen molar-refractivity contribution in [2.75, 3.05) is 5.73 Å². The van der Waals surface area contributed by atoms with Crippen LogP contribution < -0.4 is 5.73 Å². The van der Waals surface area contributed by atoms with Crippen LogP contribution in [0.2, 0.25) is 0 Å². The van der Waals surface area contributed by atoms with Crippen molar-refractivity contribution in [2.45, 2.75) is 25.2 Å². The van der Waals surface area contributed by atoms with Gasteiger partial charge in [-0.15, -0.1) is 0 Å². The van der Waals surface area contributed by atoms with Crippen LogP contribution in [0.3, 0.4) is 0 Å². The lowest BCUT2D eigenvalue weighted by molar-refractivity contribution is 0.787. The van der Waals surface area contributed by atoms with E-state index in [4.69, 9.17) is 5.73 Å². The maximum absolute atomic E-state index is 6.83. The second-order valence-electron chi connectivity index (χ2n) is 9.38. The summed E-state index contributed by atoms with van der Waals surface area (Å²) >= 11 is 0. The molecule has 0 amide bonds. The van der Waals surface area contributed by atoms with E-state index in [1.54, 1.807) is 0 Å². The maximum Gasteiger partial charge on any atom is 0.0742 e. The highest BCUT2D eigenvalue weighted by Crippen LogP contribution is 2.63. The molecule has 0 aliphatic heterocycles. The van der Waals surface area contributed by atoms with E-state index in [9.17, 15) is 0 Å². The minimum Gasteiger partial charge on any atom is -0.398 e. The van der Waals surface area contributed by atoms with Crippen LogP contribution in [0.25, 0.3) is 22.8 Å². The Morgan fingerprint density at radius 3 is 1.94 bits per heavy atom. The van der Waals surface area contributed by atoms with E-state index in [2.05, 4.69) is 122 Å². The van der Waals surface area contributed by atoms with Crippen molar-refractivity contribution in [3.63, 3.8) is 0 Å². The predicted molar refractivity (Wildman–Crippen MR) is 149 cm³/mol. The molecule has 2 aliphatic rings. The summed E-state index contributed by atoms with van der Waals surface area (Å²) in [5, 5.41) is 0. The molecule has 0 bridgehead atoms. The molecular formula is C34H29N. The number of benzene rings is 4. The van der Waals surface area contributed by atoms with Crippen LogP contribution in [0.1, 0.15) is 47.6 Å². The third kappa shape index (κ3) is 3.15. The number of rotatable bonds is 5. The molecule has 170 valence electrons. The summed E-state index contributed by atoms with van der Waals surface area (Å²) in [5.74, 6) is 0. The van der Waals surface area contributed by atoms with Crippen LogP contribution in [-0.4, -0.2) is 0 Å². The molecule has 6 rings (SSSR count). The standard InChI is InChI=1S/C34H29N/c1-2-13-25-28-19-12-23-32(35)33(28)34(29(25)20-9-6-16-24-14-4-3-5-15-24)30-21-10-7-17-26(30)27-18-8-11-22-31(27)34/h3-12,14-23H,2,13,35H2,1H3/b16-6+,20-9-. The second kappa shape index (κ2) is 8.60. The monoisotopic (exact) mass is 451 g/mol. The van der Waals surface area contributed by atoms with Gasteiger partial charge in [0.05, 0.1) is 5.41 Å². The van der Waals surface area contributed by atoms with E-state index >= 15 is 0 Å². The lowest BCUT2D eigenvalue weighted by Crippen LogP contribution is -2.27. The van der Waals surface area contributed by atoms with Gasteiger partial charge in [-0.1, -0.05) is 129 Å². The van der Waals surface area contributed by atoms with Crippen molar-refractivity contribution in [1.29, 1.82) is 0 Å². The summed E-state index contributed by atoms with van der Waals surface area (Å²) in [5.41, 5.74) is 19.1. The van der Waals surface area contributed by atoms with Crippen LogP contribution in [0.4, 0.5) is 5.69 Å². The number of fused-ring (bicyclic) bond motifs is 7. The zero-order valence-electron chi connectivity index (χ0n) is 20.0. The fraction of sp³-hybridized carbons (Fsp3) is 0.118. The molecule has 0 radical (unpaired) electrons. The van der Waals surface area contributed by atoms with Gasteiger partial charge in [0, 0.05) is 11.3 Å². The summed E-state index contributed by atoms with van der Waals surface area (Å²) in [6, 6.07) is 34.6. The van der Waals surface area contributed by atoms with E-state index in [0.717, 1.165) is 18.5 Å². The number of allylic oxidation sites excluding steroid dienone is 5. The summed E-state index contributed by atoms with van der Waals surface area (Å²) in [4.78, 5) is 0. The Balaban J connectivity index is 1.63. The van der Waals surface area contributed by atoms with Crippen LogP contribution >= 0.6 is 0 Å². The van der Waals surface area contributed by atoms with E-state index in [1.807, 2.05) is 6.07 Å². The van der Waals surface area contributed by atoms with Crippen molar-refractivity contribution in [3.8, 4) is 11.1 Å². The third-order valence-electron chi connectivity index (χ3n) is 7.44. The molecule has 4 aromatic rings. The smallest absolute Gasteiger partial charge is 0.0742 e. The Kier molecular flexibility index (Phi) is 5.26. The van der Waals surface area contributed by atoms with Crippen molar-refractivity contribution < 1.29 is 0 Å². The van der Waals surface area contributed by atoms with Gasteiger partial charge in [0.2, 0.25) is 0 Å². The highest BCUT2D eigenvalue weighted by Gasteiger charge is 2.52. The first-order valence-electron chi connectivity index (χ1n) is 12.5. The Bertz CT molecular complexity index is 1460.